The average molecular weight is 431 g/mol. The van der Waals surface area contributed by atoms with Crippen LogP contribution in [0.15, 0.2) is 51.8 Å². The second-order valence-electron chi connectivity index (χ2n) is 7.03. The maximum absolute atomic E-state index is 12.9. The van der Waals surface area contributed by atoms with Gasteiger partial charge in [-0.2, -0.15) is 0 Å². The maximum Gasteiger partial charge on any atom is 0.322 e. The van der Waals surface area contributed by atoms with Crippen molar-refractivity contribution in [2.24, 2.45) is 0 Å². The molecule has 1 N–H and O–H groups in total. The summed E-state index contributed by atoms with van der Waals surface area (Å²) in [5.74, 6) is -0.791. The van der Waals surface area contributed by atoms with E-state index in [0.29, 0.717) is 12.3 Å². The van der Waals surface area contributed by atoms with Crippen molar-refractivity contribution in [2.45, 2.75) is 38.0 Å². The summed E-state index contributed by atoms with van der Waals surface area (Å²) in [4.78, 5) is 12.1. The fourth-order valence-corrected chi connectivity index (χ4v) is 4.26. The standard InChI is InChI=1S/C21H22FN3O4S/c1-14-5-6-16(15(2)12-14)13-20-24-25-21(29-20)23-19(26)4-3-11-30(27,28)18-9-7-17(22)8-10-18/h5-10,12H,3-4,11,13H2,1-2H3,(H,23,25,26). The first-order valence-electron chi connectivity index (χ1n) is 9.39. The topological polar surface area (TPSA) is 102 Å². The first kappa shape index (κ1) is 21.6. The second-order valence-corrected chi connectivity index (χ2v) is 9.14. The molecule has 0 radical (unpaired) electrons. The quantitative estimate of drug-likeness (QED) is 0.547. The van der Waals surface area contributed by atoms with Crippen molar-refractivity contribution >= 4 is 21.8 Å². The second kappa shape index (κ2) is 9.17. The zero-order valence-corrected chi connectivity index (χ0v) is 17.5. The molecule has 30 heavy (non-hydrogen) atoms. The molecule has 0 atom stereocenters. The molecule has 0 saturated carbocycles. The number of aromatic nitrogens is 2. The van der Waals surface area contributed by atoms with Gasteiger partial charge >= 0.3 is 6.01 Å². The Morgan fingerprint density at radius 2 is 1.83 bits per heavy atom. The zero-order chi connectivity index (χ0) is 21.7. The molecule has 0 spiro atoms. The highest BCUT2D eigenvalue weighted by molar-refractivity contribution is 7.91. The van der Waals surface area contributed by atoms with E-state index in [1.165, 1.54) is 12.1 Å². The van der Waals surface area contributed by atoms with E-state index in [0.717, 1.165) is 28.8 Å². The fraction of sp³-hybridized carbons (Fsp3) is 0.286. The van der Waals surface area contributed by atoms with E-state index in [2.05, 4.69) is 21.6 Å². The van der Waals surface area contributed by atoms with E-state index in [-0.39, 0.29) is 29.5 Å². The van der Waals surface area contributed by atoms with Crippen LogP contribution < -0.4 is 5.32 Å². The largest absolute Gasteiger partial charge is 0.407 e. The summed E-state index contributed by atoms with van der Waals surface area (Å²) < 4.78 is 42.8. The number of anilines is 1. The van der Waals surface area contributed by atoms with E-state index in [9.17, 15) is 17.6 Å². The lowest BCUT2D eigenvalue weighted by atomic mass is 10.0. The molecular formula is C21H22FN3O4S. The Labute approximate surface area is 174 Å². The molecule has 158 valence electrons. The third-order valence-electron chi connectivity index (χ3n) is 4.54. The molecule has 1 aromatic heterocycles. The third-order valence-corrected chi connectivity index (χ3v) is 6.36. The lowest BCUT2D eigenvalue weighted by Gasteiger charge is -2.05. The summed E-state index contributed by atoms with van der Waals surface area (Å²) in [6, 6.07) is 10.6. The predicted octanol–water partition coefficient (Wildman–Crippen LogP) is 3.61. The molecule has 3 rings (SSSR count). The van der Waals surface area contributed by atoms with Crippen LogP contribution in [0.5, 0.6) is 0 Å². The smallest absolute Gasteiger partial charge is 0.322 e. The van der Waals surface area contributed by atoms with Crippen molar-refractivity contribution in [3.05, 3.63) is 70.9 Å². The SMILES string of the molecule is Cc1ccc(Cc2nnc(NC(=O)CCCS(=O)(=O)c3ccc(F)cc3)o2)c(C)c1. The highest BCUT2D eigenvalue weighted by Gasteiger charge is 2.16. The molecule has 0 aliphatic carbocycles. The molecule has 9 heteroatoms. The minimum Gasteiger partial charge on any atom is -0.407 e. The molecule has 7 nitrogen and oxygen atoms in total. The summed E-state index contributed by atoms with van der Waals surface area (Å²) in [5.41, 5.74) is 3.32. The van der Waals surface area contributed by atoms with Crippen molar-refractivity contribution in [1.29, 1.82) is 0 Å². The Morgan fingerprint density at radius 1 is 1.10 bits per heavy atom. The Hall–Kier alpha value is -3.07. The zero-order valence-electron chi connectivity index (χ0n) is 16.7. The normalized spacial score (nSPS) is 11.4. The van der Waals surface area contributed by atoms with Crippen LogP contribution in [0.4, 0.5) is 10.4 Å². The van der Waals surface area contributed by atoms with Gasteiger partial charge in [0.15, 0.2) is 9.84 Å². The van der Waals surface area contributed by atoms with Crippen LogP contribution in [0.1, 0.15) is 35.4 Å². The number of benzene rings is 2. The number of rotatable bonds is 8. The first-order chi connectivity index (χ1) is 14.2. The average Bonchev–Trinajstić information content (AvgIpc) is 3.11. The Balaban J connectivity index is 1.50. The van der Waals surface area contributed by atoms with E-state index in [1.54, 1.807) is 0 Å². The molecule has 0 aliphatic heterocycles. The molecule has 0 saturated heterocycles. The number of aryl methyl sites for hydroxylation is 2. The number of carbonyl (C=O) groups is 1. The van der Waals surface area contributed by atoms with E-state index >= 15 is 0 Å². The van der Waals surface area contributed by atoms with Crippen LogP contribution in [-0.2, 0) is 21.1 Å². The Kier molecular flexibility index (Phi) is 6.61. The monoisotopic (exact) mass is 431 g/mol. The number of amides is 1. The number of nitrogens with one attached hydrogen (secondary N) is 1. The van der Waals surface area contributed by atoms with E-state index in [1.807, 2.05) is 26.0 Å². The molecule has 0 unspecified atom stereocenters. The van der Waals surface area contributed by atoms with Gasteiger partial charge in [0.2, 0.25) is 11.8 Å². The Morgan fingerprint density at radius 3 is 2.53 bits per heavy atom. The molecule has 0 aliphatic rings. The van der Waals surface area contributed by atoms with Crippen molar-refractivity contribution in [3.63, 3.8) is 0 Å². The molecule has 1 heterocycles. The molecule has 1 amide bonds. The number of carbonyl (C=O) groups excluding carboxylic acids is 1. The number of hydrogen-bond acceptors (Lipinski definition) is 6. The molecule has 3 aromatic rings. The Bertz CT molecular complexity index is 1140. The van der Waals surface area contributed by atoms with Crippen molar-refractivity contribution in [2.75, 3.05) is 11.1 Å². The number of hydrogen-bond donors (Lipinski definition) is 1. The lowest BCUT2D eigenvalue weighted by Crippen LogP contribution is -2.14. The highest BCUT2D eigenvalue weighted by atomic mass is 32.2. The molecular weight excluding hydrogens is 409 g/mol. The van der Waals surface area contributed by atoms with Crippen molar-refractivity contribution in [1.82, 2.24) is 10.2 Å². The van der Waals surface area contributed by atoms with Gasteiger partial charge in [-0.25, -0.2) is 12.8 Å². The minimum absolute atomic E-state index is 0.0252. The predicted molar refractivity (Wildman–Crippen MR) is 109 cm³/mol. The summed E-state index contributed by atoms with van der Waals surface area (Å²) in [6.45, 7) is 4.02. The van der Waals surface area contributed by atoms with Gasteiger partial charge in [0, 0.05) is 6.42 Å². The van der Waals surface area contributed by atoms with Gasteiger partial charge in [0.1, 0.15) is 5.82 Å². The number of nitrogens with zero attached hydrogens (tertiary/aromatic N) is 2. The van der Waals surface area contributed by atoms with Gasteiger partial charge in [-0.15, -0.1) is 5.10 Å². The maximum atomic E-state index is 12.9. The minimum atomic E-state index is -3.58. The molecule has 0 bridgehead atoms. The summed E-state index contributed by atoms with van der Waals surface area (Å²) >= 11 is 0. The van der Waals surface area contributed by atoms with Crippen molar-refractivity contribution < 1.29 is 22.0 Å². The van der Waals surface area contributed by atoms with Crippen LogP contribution in [-0.4, -0.2) is 30.3 Å². The van der Waals surface area contributed by atoms with Crippen LogP contribution in [0.25, 0.3) is 0 Å². The van der Waals surface area contributed by atoms with Gasteiger partial charge in [0.25, 0.3) is 0 Å². The van der Waals surface area contributed by atoms with Crippen molar-refractivity contribution in [3.8, 4) is 0 Å². The van der Waals surface area contributed by atoms with Crippen LogP contribution in [0.3, 0.4) is 0 Å². The van der Waals surface area contributed by atoms with E-state index in [4.69, 9.17) is 4.42 Å². The highest BCUT2D eigenvalue weighted by Crippen LogP contribution is 2.17. The van der Waals surface area contributed by atoms with Gasteiger partial charge in [0.05, 0.1) is 17.1 Å². The number of halogens is 1. The van der Waals surface area contributed by atoms with Gasteiger partial charge < -0.3 is 4.42 Å². The molecule has 0 fully saturated rings. The summed E-state index contributed by atoms with van der Waals surface area (Å²) in [7, 11) is -3.58. The summed E-state index contributed by atoms with van der Waals surface area (Å²) in [6.07, 6.45) is 0.523. The molecule has 2 aromatic carbocycles. The van der Waals surface area contributed by atoms with Crippen LogP contribution >= 0.6 is 0 Å². The van der Waals surface area contributed by atoms with Crippen LogP contribution in [0.2, 0.25) is 0 Å². The van der Waals surface area contributed by atoms with E-state index < -0.39 is 21.6 Å². The van der Waals surface area contributed by atoms with Crippen LogP contribution in [0, 0.1) is 19.7 Å². The summed E-state index contributed by atoms with van der Waals surface area (Å²) in [5, 5.41) is 10.2. The lowest BCUT2D eigenvalue weighted by molar-refractivity contribution is -0.116. The third kappa shape index (κ3) is 5.73. The fourth-order valence-electron chi connectivity index (χ4n) is 2.95. The number of sulfone groups is 1. The van der Waals surface area contributed by atoms with Gasteiger partial charge in [-0.1, -0.05) is 28.9 Å². The van der Waals surface area contributed by atoms with Gasteiger partial charge in [-0.05, 0) is 55.7 Å². The first-order valence-corrected chi connectivity index (χ1v) is 11.0. The van der Waals surface area contributed by atoms with Gasteiger partial charge in [-0.3, -0.25) is 10.1 Å².